The molecule has 142 valence electrons. The van der Waals surface area contributed by atoms with Gasteiger partial charge in [-0.05, 0) is 37.5 Å². The summed E-state index contributed by atoms with van der Waals surface area (Å²) in [7, 11) is 0. The van der Waals surface area contributed by atoms with E-state index in [4.69, 9.17) is 4.74 Å². The number of ether oxygens (including phenoxy) is 1. The van der Waals surface area contributed by atoms with Crippen molar-refractivity contribution >= 4 is 6.09 Å². The molecular formula is C21H23FN2O3. The Bertz CT molecular complexity index is 829. The topological polar surface area (TPSA) is 62.7 Å². The first-order chi connectivity index (χ1) is 13.0. The highest BCUT2D eigenvalue weighted by Gasteiger charge is 2.52. The first-order valence-corrected chi connectivity index (χ1v) is 9.31. The molecule has 27 heavy (non-hydrogen) atoms. The number of carbonyl (C=O) groups excluding carboxylic acids is 1. The summed E-state index contributed by atoms with van der Waals surface area (Å²) in [4.78, 5) is 18.6. The molecule has 2 fully saturated rings. The number of aliphatic hydroxyl groups is 1. The van der Waals surface area contributed by atoms with E-state index >= 15 is 0 Å². The van der Waals surface area contributed by atoms with Crippen molar-refractivity contribution in [2.24, 2.45) is 0 Å². The van der Waals surface area contributed by atoms with Crippen LogP contribution in [0, 0.1) is 12.7 Å². The van der Waals surface area contributed by atoms with E-state index < -0.39 is 11.4 Å². The van der Waals surface area contributed by atoms with Crippen molar-refractivity contribution in [1.29, 1.82) is 0 Å². The molecular weight excluding hydrogens is 347 g/mol. The predicted molar refractivity (Wildman–Crippen MR) is 97.3 cm³/mol. The smallest absolute Gasteiger partial charge is 0.410 e. The summed E-state index contributed by atoms with van der Waals surface area (Å²) in [6, 6.07) is 12.1. The van der Waals surface area contributed by atoms with E-state index in [1.807, 2.05) is 30.3 Å². The zero-order valence-corrected chi connectivity index (χ0v) is 15.3. The number of aromatic nitrogens is 1. The number of carbonyl (C=O) groups is 1. The van der Waals surface area contributed by atoms with E-state index in [1.165, 1.54) is 6.07 Å². The second-order valence-electron chi connectivity index (χ2n) is 7.56. The van der Waals surface area contributed by atoms with Crippen LogP contribution in [0.1, 0.15) is 42.6 Å². The number of benzene rings is 1. The van der Waals surface area contributed by atoms with Crippen molar-refractivity contribution in [3.05, 3.63) is 65.2 Å². The Morgan fingerprint density at radius 1 is 1.22 bits per heavy atom. The largest absolute Gasteiger partial charge is 0.445 e. The van der Waals surface area contributed by atoms with Crippen LogP contribution in [0.4, 0.5) is 9.18 Å². The van der Waals surface area contributed by atoms with Gasteiger partial charge in [-0.25, -0.2) is 9.18 Å². The Balaban J connectivity index is 1.48. The zero-order chi connectivity index (χ0) is 19.0. The Labute approximate surface area is 157 Å². The summed E-state index contributed by atoms with van der Waals surface area (Å²) in [5.41, 5.74) is 0.337. The molecule has 6 heteroatoms. The maximum Gasteiger partial charge on any atom is 0.410 e. The monoisotopic (exact) mass is 370 g/mol. The molecule has 0 saturated carbocycles. The Kier molecular flexibility index (Phi) is 4.60. The van der Waals surface area contributed by atoms with E-state index in [1.54, 1.807) is 17.9 Å². The number of halogens is 1. The maximum absolute atomic E-state index is 14.3. The lowest BCUT2D eigenvalue weighted by atomic mass is 9.83. The molecule has 2 bridgehead atoms. The van der Waals surface area contributed by atoms with Crippen LogP contribution in [0.25, 0.3) is 0 Å². The van der Waals surface area contributed by atoms with Crippen LogP contribution in [0.15, 0.2) is 42.5 Å². The zero-order valence-electron chi connectivity index (χ0n) is 15.3. The van der Waals surface area contributed by atoms with Gasteiger partial charge in [-0.3, -0.25) is 4.98 Å². The second-order valence-corrected chi connectivity index (χ2v) is 7.56. The minimum Gasteiger partial charge on any atom is -0.445 e. The summed E-state index contributed by atoms with van der Waals surface area (Å²) in [6.07, 6.45) is 1.74. The lowest BCUT2D eigenvalue weighted by Gasteiger charge is -2.42. The summed E-state index contributed by atoms with van der Waals surface area (Å²) in [6.45, 7) is 1.99. The molecule has 0 spiro atoms. The number of rotatable bonds is 3. The van der Waals surface area contributed by atoms with Gasteiger partial charge in [0.25, 0.3) is 0 Å². The number of aryl methyl sites for hydroxylation is 1. The fraction of sp³-hybridized carbons (Fsp3) is 0.429. The van der Waals surface area contributed by atoms with Crippen LogP contribution in [-0.4, -0.2) is 33.2 Å². The van der Waals surface area contributed by atoms with Gasteiger partial charge in [-0.15, -0.1) is 0 Å². The third kappa shape index (κ3) is 3.41. The van der Waals surface area contributed by atoms with E-state index in [9.17, 15) is 14.3 Å². The second kappa shape index (κ2) is 6.93. The molecule has 0 aliphatic carbocycles. The van der Waals surface area contributed by atoms with Gasteiger partial charge in [-0.2, -0.15) is 0 Å². The van der Waals surface area contributed by atoms with Gasteiger partial charge in [0, 0.05) is 30.6 Å². The first-order valence-electron chi connectivity index (χ1n) is 9.31. The average molecular weight is 370 g/mol. The number of hydrogen-bond acceptors (Lipinski definition) is 4. The third-order valence-corrected chi connectivity index (χ3v) is 5.61. The maximum atomic E-state index is 14.3. The molecule has 1 aromatic carbocycles. The number of amides is 1. The standard InChI is InChI=1S/C21H23FN2O3/c1-14-7-10-18(22)19(23-14)21(26)11-16-8-9-17(12-21)24(16)20(25)27-13-15-5-3-2-4-6-15/h2-7,10,16-17,26H,8-9,11-13H2,1H3. The highest BCUT2D eigenvalue weighted by molar-refractivity contribution is 5.69. The van der Waals surface area contributed by atoms with Gasteiger partial charge in [0.1, 0.15) is 23.7 Å². The number of pyridine rings is 1. The third-order valence-electron chi connectivity index (χ3n) is 5.61. The van der Waals surface area contributed by atoms with Gasteiger partial charge >= 0.3 is 6.09 Å². The number of fused-ring (bicyclic) bond motifs is 2. The fourth-order valence-electron chi connectivity index (χ4n) is 4.38. The SMILES string of the molecule is Cc1ccc(F)c(C2(O)CC3CCC(C2)N3C(=O)OCc2ccccc2)n1. The molecule has 5 nitrogen and oxygen atoms in total. The highest BCUT2D eigenvalue weighted by atomic mass is 19.1. The van der Waals surface area contributed by atoms with Crippen molar-refractivity contribution in [3.63, 3.8) is 0 Å². The van der Waals surface area contributed by atoms with Gasteiger partial charge in [-0.1, -0.05) is 30.3 Å². The minimum atomic E-state index is -1.35. The molecule has 2 aromatic rings. The highest BCUT2D eigenvalue weighted by Crippen LogP contribution is 2.46. The summed E-state index contributed by atoms with van der Waals surface area (Å²) < 4.78 is 19.8. The quantitative estimate of drug-likeness (QED) is 0.895. The molecule has 1 amide bonds. The lowest BCUT2D eigenvalue weighted by molar-refractivity contribution is -0.0586. The van der Waals surface area contributed by atoms with Gasteiger partial charge < -0.3 is 14.7 Å². The van der Waals surface area contributed by atoms with Crippen molar-refractivity contribution in [2.75, 3.05) is 0 Å². The number of nitrogens with zero attached hydrogens (tertiary/aromatic N) is 2. The van der Waals surface area contributed by atoms with Crippen LogP contribution >= 0.6 is 0 Å². The van der Waals surface area contributed by atoms with Crippen LogP contribution in [-0.2, 0) is 16.9 Å². The molecule has 2 aliphatic heterocycles. The van der Waals surface area contributed by atoms with E-state index in [0.717, 1.165) is 18.4 Å². The minimum absolute atomic E-state index is 0.0942. The number of hydrogen-bond donors (Lipinski definition) is 1. The van der Waals surface area contributed by atoms with Gasteiger partial charge in [0.2, 0.25) is 0 Å². The lowest BCUT2D eigenvalue weighted by Crippen LogP contribution is -2.52. The Morgan fingerprint density at radius 2 is 1.89 bits per heavy atom. The fourth-order valence-corrected chi connectivity index (χ4v) is 4.38. The van der Waals surface area contributed by atoms with Crippen molar-refractivity contribution < 1.29 is 19.0 Å². The molecule has 2 saturated heterocycles. The molecule has 2 atom stereocenters. The molecule has 0 radical (unpaired) electrons. The van der Waals surface area contributed by atoms with E-state index in [2.05, 4.69) is 4.98 Å². The molecule has 2 unspecified atom stereocenters. The number of piperidine rings is 1. The van der Waals surface area contributed by atoms with Crippen LogP contribution in [0.2, 0.25) is 0 Å². The molecule has 3 heterocycles. The summed E-state index contributed by atoms with van der Waals surface area (Å²) in [5.74, 6) is -0.498. The van der Waals surface area contributed by atoms with Crippen molar-refractivity contribution in [2.45, 2.75) is 56.9 Å². The van der Waals surface area contributed by atoms with Gasteiger partial charge in [0.05, 0.1) is 0 Å². The molecule has 4 rings (SSSR count). The van der Waals surface area contributed by atoms with Crippen LogP contribution in [0.5, 0.6) is 0 Å². The Hall–Kier alpha value is -2.47. The van der Waals surface area contributed by atoms with Crippen molar-refractivity contribution in [1.82, 2.24) is 9.88 Å². The normalized spacial score (nSPS) is 26.9. The van der Waals surface area contributed by atoms with E-state index in [0.29, 0.717) is 5.69 Å². The van der Waals surface area contributed by atoms with Crippen LogP contribution in [0.3, 0.4) is 0 Å². The molecule has 1 N–H and O–H groups in total. The summed E-state index contributed by atoms with van der Waals surface area (Å²) >= 11 is 0. The first kappa shape index (κ1) is 17.9. The predicted octanol–water partition coefficient (Wildman–Crippen LogP) is 3.68. The molecule has 1 aromatic heterocycles. The Morgan fingerprint density at radius 3 is 2.56 bits per heavy atom. The summed E-state index contributed by atoms with van der Waals surface area (Å²) in [5, 5.41) is 11.2. The molecule has 2 aliphatic rings. The van der Waals surface area contributed by atoms with E-state index in [-0.39, 0.29) is 43.3 Å². The van der Waals surface area contributed by atoms with Gasteiger partial charge in [0.15, 0.2) is 0 Å². The van der Waals surface area contributed by atoms with Crippen LogP contribution < -0.4 is 0 Å². The van der Waals surface area contributed by atoms with Crippen molar-refractivity contribution in [3.8, 4) is 0 Å². The average Bonchev–Trinajstić information content (AvgIpc) is 2.95.